The lowest BCUT2D eigenvalue weighted by molar-refractivity contribution is -0.127. The predicted molar refractivity (Wildman–Crippen MR) is 73.4 cm³/mol. The molecule has 0 aromatic heterocycles. The minimum Gasteiger partial charge on any atom is -0.342 e. The first-order chi connectivity index (χ1) is 8.36. The third-order valence-corrected chi connectivity index (χ3v) is 4.68. The molecule has 2 aliphatic rings. The first-order valence-electron chi connectivity index (χ1n) is 6.95. The fraction of sp³-hybridized carbons (Fsp3) is 0.923. The van der Waals surface area contributed by atoms with Gasteiger partial charge in [0, 0.05) is 19.1 Å². The zero-order valence-electron chi connectivity index (χ0n) is 10.6. The minimum atomic E-state index is 0.351. The molecule has 2 heterocycles. The van der Waals surface area contributed by atoms with Crippen molar-refractivity contribution in [3.63, 3.8) is 0 Å². The van der Waals surface area contributed by atoms with E-state index < -0.39 is 0 Å². The van der Waals surface area contributed by atoms with Gasteiger partial charge in [-0.05, 0) is 44.4 Å². The molecular formula is C13H24N2OS. The van der Waals surface area contributed by atoms with Crippen LogP contribution in [-0.4, -0.2) is 48.0 Å². The van der Waals surface area contributed by atoms with Gasteiger partial charge in [-0.15, -0.1) is 0 Å². The highest BCUT2D eigenvalue weighted by atomic mass is 32.2. The second-order valence-electron chi connectivity index (χ2n) is 5.08. The molecule has 1 unspecified atom stereocenters. The Morgan fingerprint density at radius 1 is 1.24 bits per heavy atom. The first-order valence-corrected chi connectivity index (χ1v) is 8.10. The van der Waals surface area contributed by atoms with E-state index >= 15 is 0 Å². The Morgan fingerprint density at radius 2 is 2.06 bits per heavy atom. The molecule has 1 amide bonds. The Morgan fingerprint density at radius 3 is 2.76 bits per heavy atom. The molecular weight excluding hydrogens is 232 g/mol. The number of rotatable bonds is 5. The Hall–Kier alpha value is -0.220. The van der Waals surface area contributed by atoms with Crippen LogP contribution in [0.15, 0.2) is 0 Å². The molecule has 0 aliphatic carbocycles. The third-order valence-electron chi connectivity index (χ3n) is 3.71. The molecule has 0 aromatic rings. The van der Waals surface area contributed by atoms with Crippen LogP contribution in [0.2, 0.25) is 0 Å². The number of carbonyl (C=O) groups is 1. The van der Waals surface area contributed by atoms with E-state index in [1.807, 2.05) is 16.7 Å². The Kier molecular flexibility index (Phi) is 5.65. The molecule has 1 atom stereocenters. The van der Waals surface area contributed by atoms with Crippen LogP contribution in [0, 0.1) is 0 Å². The second-order valence-corrected chi connectivity index (χ2v) is 6.18. The van der Waals surface area contributed by atoms with E-state index in [1.54, 1.807) is 0 Å². The van der Waals surface area contributed by atoms with Crippen molar-refractivity contribution in [3.8, 4) is 0 Å². The molecule has 2 rings (SSSR count). The van der Waals surface area contributed by atoms with E-state index in [9.17, 15) is 4.79 Å². The van der Waals surface area contributed by atoms with E-state index in [0.29, 0.717) is 17.7 Å². The number of carbonyl (C=O) groups excluding carboxylic acids is 1. The lowest BCUT2D eigenvalue weighted by Gasteiger charge is -2.23. The van der Waals surface area contributed by atoms with Crippen LogP contribution in [-0.2, 0) is 4.79 Å². The lowest BCUT2D eigenvalue weighted by Crippen LogP contribution is -2.34. The topological polar surface area (TPSA) is 32.3 Å². The monoisotopic (exact) mass is 256 g/mol. The fourth-order valence-electron chi connectivity index (χ4n) is 2.61. The summed E-state index contributed by atoms with van der Waals surface area (Å²) in [4.78, 5) is 13.8. The summed E-state index contributed by atoms with van der Waals surface area (Å²) in [7, 11) is 0. The Balaban J connectivity index is 1.51. The van der Waals surface area contributed by atoms with Crippen molar-refractivity contribution in [2.75, 3.05) is 31.1 Å². The summed E-state index contributed by atoms with van der Waals surface area (Å²) in [5, 5.41) is 3.55. The van der Waals surface area contributed by atoms with Gasteiger partial charge >= 0.3 is 0 Å². The normalized spacial score (nSPS) is 25.2. The van der Waals surface area contributed by atoms with Crippen molar-refractivity contribution in [2.45, 2.75) is 44.6 Å². The van der Waals surface area contributed by atoms with Gasteiger partial charge in [0.05, 0.1) is 5.75 Å². The van der Waals surface area contributed by atoms with Crippen molar-refractivity contribution in [1.82, 2.24) is 10.2 Å². The van der Waals surface area contributed by atoms with E-state index in [2.05, 4.69) is 5.32 Å². The second kappa shape index (κ2) is 7.27. The van der Waals surface area contributed by atoms with Gasteiger partial charge in [0.15, 0.2) is 0 Å². The molecule has 1 N–H and O–H groups in total. The van der Waals surface area contributed by atoms with Crippen LogP contribution in [0.3, 0.4) is 0 Å². The maximum absolute atomic E-state index is 11.8. The van der Waals surface area contributed by atoms with Crippen molar-refractivity contribution < 1.29 is 4.79 Å². The standard InChI is InChI=1S/C13H24N2OS/c16-13(15-8-3-4-9-15)11-17-10-6-12-5-1-2-7-14-12/h12,14H,1-11H2. The maximum Gasteiger partial charge on any atom is 0.232 e. The van der Waals surface area contributed by atoms with Crippen molar-refractivity contribution in [2.24, 2.45) is 0 Å². The van der Waals surface area contributed by atoms with Gasteiger partial charge in [-0.25, -0.2) is 0 Å². The Bertz CT molecular complexity index is 236. The van der Waals surface area contributed by atoms with Crippen LogP contribution < -0.4 is 5.32 Å². The van der Waals surface area contributed by atoms with Crippen LogP contribution in [0.25, 0.3) is 0 Å². The molecule has 98 valence electrons. The van der Waals surface area contributed by atoms with E-state index in [1.165, 1.54) is 45.1 Å². The largest absolute Gasteiger partial charge is 0.342 e. The zero-order valence-corrected chi connectivity index (χ0v) is 11.4. The number of hydrogen-bond donors (Lipinski definition) is 1. The molecule has 0 saturated carbocycles. The van der Waals surface area contributed by atoms with Gasteiger partial charge in [0.1, 0.15) is 0 Å². The number of nitrogens with zero attached hydrogens (tertiary/aromatic N) is 1. The van der Waals surface area contributed by atoms with Gasteiger partial charge in [-0.2, -0.15) is 11.8 Å². The molecule has 3 nitrogen and oxygen atoms in total. The average Bonchev–Trinajstić information content (AvgIpc) is 2.89. The molecule has 0 spiro atoms. The van der Waals surface area contributed by atoms with Crippen LogP contribution in [0.1, 0.15) is 38.5 Å². The van der Waals surface area contributed by atoms with Gasteiger partial charge in [0.25, 0.3) is 0 Å². The number of thioether (sulfide) groups is 1. The molecule has 4 heteroatoms. The quantitative estimate of drug-likeness (QED) is 0.762. The van der Waals surface area contributed by atoms with Crippen LogP contribution in [0.5, 0.6) is 0 Å². The van der Waals surface area contributed by atoms with E-state index in [0.717, 1.165) is 18.8 Å². The minimum absolute atomic E-state index is 0.351. The molecule has 0 bridgehead atoms. The first kappa shape index (κ1) is 13.2. The average molecular weight is 256 g/mol. The highest BCUT2D eigenvalue weighted by Crippen LogP contribution is 2.15. The van der Waals surface area contributed by atoms with Crippen LogP contribution >= 0.6 is 11.8 Å². The predicted octanol–water partition coefficient (Wildman–Crippen LogP) is 1.87. The summed E-state index contributed by atoms with van der Waals surface area (Å²) in [5.41, 5.74) is 0. The number of piperidine rings is 1. The number of likely N-dealkylation sites (tertiary alicyclic amines) is 1. The highest BCUT2D eigenvalue weighted by molar-refractivity contribution is 7.99. The smallest absolute Gasteiger partial charge is 0.232 e. The zero-order chi connectivity index (χ0) is 11.9. The summed E-state index contributed by atoms with van der Waals surface area (Å²) in [6.45, 7) is 3.16. The summed E-state index contributed by atoms with van der Waals surface area (Å²) in [6.07, 6.45) is 7.63. The van der Waals surface area contributed by atoms with Gasteiger partial charge in [-0.1, -0.05) is 6.42 Å². The molecule has 0 radical (unpaired) electrons. The maximum atomic E-state index is 11.8. The molecule has 2 aliphatic heterocycles. The summed E-state index contributed by atoms with van der Waals surface area (Å²) < 4.78 is 0. The van der Waals surface area contributed by atoms with Crippen molar-refractivity contribution in [1.29, 1.82) is 0 Å². The molecule has 2 saturated heterocycles. The summed E-state index contributed by atoms with van der Waals surface area (Å²) in [5.74, 6) is 2.16. The SMILES string of the molecule is O=C(CSCCC1CCCCN1)N1CCCC1. The van der Waals surface area contributed by atoms with E-state index in [-0.39, 0.29) is 0 Å². The fourth-order valence-corrected chi connectivity index (χ4v) is 3.57. The Labute approximate surface area is 109 Å². The highest BCUT2D eigenvalue weighted by Gasteiger charge is 2.17. The van der Waals surface area contributed by atoms with Crippen LogP contribution in [0.4, 0.5) is 0 Å². The van der Waals surface area contributed by atoms with Crippen molar-refractivity contribution in [3.05, 3.63) is 0 Å². The van der Waals surface area contributed by atoms with E-state index in [4.69, 9.17) is 0 Å². The molecule has 17 heavy (non-hydrogen) atoms. The molecule has 0 aromatic carbocycles. The summed E-state index contributed by atoms with van der Waals surface area (Å²) >= 11 is 1.81. The number of nitrogens with one attached hydrogen (secondary N) is 1. The number of amides is 1. The van der Waals surface area contributed by atoms with Crippen molar-refractivity contribution >= 4 is 17.7 Å². The lowest BCUT2D eigenvalue weighted by atomic mass is 10.0. The van der Waals surface area contributed by atoms with Gasteiger partial charge in [0.2, 0.25) is 5.91 Å². The van der Waals surface area contributed by atoms with Gasteiger partial charge < -0.3 is 10.2 Å². The summed E-state index contributed by atoms with van der Waals surface area (Å²) in [6, 6.07) is 0.707. The third kappa shape index (κ3) is 4.51. The number of hydrogen-bond acceptors (Lipinski definition) is 3. The van der Waals surface area contributed by atoms with Gasteiger partial charge in [-0.3, -0.25) is 4.79 Å². The molecule has 2 fully saturated rings.